The highest BCUT2D eigenvalue weighted by atomic mass is 19.2. The lowest BCUT2D eigenvalue weighted by Gasteiger charge is -2.36. The van der Waals surface area contributed by atoms with E-state index in [0.717, 1.165) is 6.07 Å². The van der Waals surface area contributed by atoms with Crippen molar-refractivity contribution in [3.8, 4) is 0 Å². The Morgan fingerprint density at radius 3 is 2.24 bits per heavy atom. The summed E-state index contributed by atoms with van der Waals surface area (Å²) in [6.07, 6.45) is -0.340. The van der Waals surface area contributed by atoms with Crippen LogP contribution in [-0.2, 0) is 4.74 Å². The fraction of sp³-hybridized carbons (Fsp3) is 0.533. The first-order valence-corrected chi connectivity index (χ1v) is 6.94. The van der Waals surface area contributed by atoms with Crippen molar-refractivity contribution in [2.24, 2.45) is 0 Å². The van der Waals surface area contributed by atoms with Crippen LogP contribution in [-0.4, -0.2) is 42.8 Å². The van der Waals surface area contributed by atoms with Gasteiger partial charge >= 0.3 is 6.09 Å². The largest absolute Gasteiger partial charge is 0.444 e. The highest BCUT2D eigenvalue weighted by Gasteiger charge is 2.26. The third kappa shape index (κ3) is 4.06. The molecule has 0 radical (unpaired) electrons. The van der Waals surface area contributed by atoms with Crippen molar-refractivity contribution in [3.05, 3.63) is 29.8 Å². The number of amides is 1. The van der Waals surface area contributed by atoms with Gasteiger partial charge in [0.15, 0.2) is 11.6 Å². The van der Waals surface area contributed by atoms with Crippen molar-refractivity contribution in [1.29, 1.82) is 0 Å². The summed E-state index contributed by atoms with van der Waals surface area (Å²) in [5, 5.41) is 0. The molecule has 1 aliphatic rings. The van der Waals surface area contributed by atoms with E-state index >= 15 is 0 Å². The second-order valence-electron chi connectivity index (χ2n) is 6.05. The molecule has 0 unspecified atom stereocenters. The fourth-order valence-corrected chi connectivity index (χ4v) is 2.16. The number of carbonyl (C=O) groups excluding carboxylic acids is 1. The molecular formula is C15H20F2N2O2. The SMILES string of the molecule is CC(C)(C)OC(=O)N1CCN(c2ccc(F)c(F)c2)CC1. The predicted molar refractivity (Wildman–Crippen MR) is 76.4 cm³/mol. The number of piperazine rings is 1. The van der Waals surface area contributed by atoms with Crippen molar-refractivity contribution in [2.75, 3.05) is 31.1 Å². The average Bonchev–Trinajstić information content (AvgIpc) is 2.40. The Morgan fingerprint density at radius 2 is 1.71 bits per heavy atom. The molecule has 1 fully saturated rings. The average molecular weight is 298 g/mol. The van der Waals surface area contributed by atoms with Gasteiger partial charge in [-0.25, -0.2) is 13.6 Å². The number of hydrogen-bond donors (Lipinski definition) is 0. The van der Waals surface area contributed by atoms with Crippen LogP contribution in [0.15, 0.2) is 18.2 Å². The first-order valence-electron chi connectivity index (χ1n) is 6.94. The van der Waals surface area contributed by atoms with Gasteiger partial charge in [-0.2, -0.15) is 0 Å². The van der Waals surface area contributed by atoms with Crippen molar-refractivity contribution >= 4 is 11.8 Å². The zero-order chi connectivity index (χ0) is 15.6. The Labute approximate surface area is 123 Å². The molecule has 0 aromatic heterocycles. The third-order valence-corrected chi connectivity index (χ3v) is 3.20. The zero-order valence-electron chi connectivity index (χ0n) is 12.5. The van der Waals surface area contributed by atoms with Crippen molar-refractivity contribution < 1.29 is 18.3 Å². The highest BCUT2D eigenvalue weighted by Crippen LogP contribution is 2.20. The predicted octanol–water partition coefficient (Wildman–Crippen LogP) is 3.02. The van der Waals surface area contributed by atoms with Crippen LogP contribution in [0.25, 0.3) is 0 Å². The maximum atomic E-state index is 13.2. The van der Waals surface area contributed by atoms with E-state index < -0.39 is 17.2 Å². The van der Waals surface area contributed by atoms with Gasteiger partial charge in [0.1, 0.15) is 5.60 Å². The van der Waals surface area contributed by atoms with E-state index in [4.69, 9.17) is 4.74 Å². The number of halogens is 2. The number of anilines is 1. The lowest BCUT2D eigenvalue weighted by Crippen LogP contribution is -2.50. The van der Waals surface area contributed by atoms with Crippen LogP contribution < -0.4 is 4.90 Å². The lowest BCUT2D eigenvalue weighted by molar-refractivity contribution is 0.0240. The molecule has 4 nitrogen and oxygen atoms in total. The summed E-state index contributed by atoms with van der Waals surface area (Å²) in [5.74, 6) is -1.71. The zero-order valence-corrected chi connectivity index (χ0v) is 12.5. The fourth-order valence-electron chi connectivity index (χ4n) is 2.16. The van der Waals surface area contributed by atoms with Gasteiger partial charge < -0.3 is 14.5 Å². The van der Waals surface area contributed by atoms with E-state index in [1.54, 1.807) is 11.0 Å². The molecule has 0 spiro atoms. The van der Waals surface area contributed by atoms with Crippen LogP contribution in [0.4, 0.5) is 19.3 Å². The monoisotopic (exact) mass is 298 g/mol. The van der Waals surface area contributed by atoms with Crippen LogP contribution in [0.1, 0.15) is 20.8 Å². The van der Waals surface area contributed by atoms with E-state index in [9.17, 15) is 13.6 Å². The molecule has 0 N–H and O–H groups in total. The van der Waals surface area contributed by atoms with Crippen LogP contribution in [0.3, 0.4) is 0 Å². The molecule has 0 aliphatic carbocycles. The maximum absolute atomic E-state index is 13.2. The minimum atomic E-state index is -0.859. The molecule has 2 rings (SSSR count). The number of carbonyl (C=O) groups is 1. The van der Waals surface area contributed by atoms with Crippen molar-refractivity contribution in [1.82, 2.24) is 4.90 Å². The van der Waals surface area contributed by atoms with E-state index in [-0.39, 0.29) is 6.09 Å². The van der Waals surface area contributed by atoms with Gasteiger partial charge in [0.2, 0.25) is 0 Å². The highest BCUT2D eigenvalue weighted by molar-refractivity contribution is 5.68. The molecule has 0 saturated carbocycles. The van der Waals surface area contributed by atoms with Gasteiger partial charge in [0, 0.05) is 37.9 Å². The minimum absolute atomic E-state index is 0.340. The minimum Gasteiger partial charge on any atom is -0.444 e. The quantitative estimate of drug-likeness (QED) is 0.799. The smallest absolute Gasteiger partial charge is 0.410 e. The molecule has 1 aromatic carbocycles. The standard InChI is InChI=1S/C15H20F2N2O2/c1-15(2,3)21-14(20)19-8-6-18(7-9-19)11-4-5-12(16)13(17)10-11/h4-5,10H,6-9H2,1-3H3. The number of ether oxygens (including phenoxy) is 1. The topological polar surface area (TPSA) is 32.8 Å². The van der Waals surface area contributed by atoms with Crippen LogP contribution in [0, 0.1) is 11.6 Å². The Balaban J connectivity index is 1.94. The number of hydrogen-bond acceptors (Lipinski definition) is 3. The lowest BCUT2D eigenvalue weighted by atomic mass is 10.2. The molecular weight excluding hydrogens is 278 g/mol. The Kier molecular flexibility index (Phi) is 4.34. The molecule has 116 valence electrons. The summed E-state index contributed by atoms with van der Waals surface area (Å²) in [4.78, 5) is 15.5. The molecule has 1 saturated heterocycles. The van der Waals surface area contributed by atoms with E-state index in [1.165, 1.54) is 6.07 Å². The normalized spacial score (nSPS) is 16.0. The van der Waals surface area contributed by atoms with Gasteiger partial charge in [0.05, 0.1) is 0 Å². The van der Waals surface area contributed by atoms with Gasteiger partial charge in [-0.15, -0.1) is 0 Å². The van der Waals surface area contributed by atoms with Gasteiger partial charge in [0.25, 0.3) is 0 Å². The van der Waals surface area contributed by atoms with Crippen LogP contribution in [0.5, 0.6) is 0 Å². The van der Waals surface area contributed by atoms with Gasteiger partial charge in [-0.05, 0) is 32.9 Å². The summed E-state index contributed by atoms with van der Waals surface area (Å²) < 4.78 is 31.5. The molecule has 0 atom stereocenters. The first kappa shape index (κ1) is 15.5. The maximum Gasteiger partial charge on any atom is 0.410 e. The number of rotatable bonds is 1. The van der Waals surface area contributed by atoms with Crippen LogP contribution in [0.2, 0.25) is 0 Å². The number of nitrogens with zero attached hydrogens (tertiary/aromatic N) is 2. The molecule has 1 amide bonds. The Hall–Kier alpha value is -1.85. The first-order chi connectivity index (χ1) is 9.76. The molecule has 1 aliphatic heterocycles. The molecule has 21 heavy (non-hydrogen) atoms. The number of benzene rings is 1. The van der Waals surface area contributed by atoms with E-state index in [2.05, 4.69) is 0 Å². The third-order valence-electron chi connectivity index (χ3n) is 3.20. The summed E-state index contributed by atoms with van der Waals surface area (Å²) in [6.45, 7) is 7.57. The summed E-state index contributed by atoms with van der Waals surface area (Å²) in [5.41, 5.74) is 0.103. The van der Waals surface area contributed by atoms with Crippen molar-refractivity contribution in [2.45, 2.75) is 26.4 Å². The molecule has 0 bridgehead atoms. The van der Waals surface area contributed by atoms with E-state index in [1.807, 2.05) is 25.7 Å². The molecule has 1 heterocycles. The second-order valence-corrected chi connectivity index (χ2v) is 6.05. The van der Waals surface area contributed by atoms with E-state index in [0.29, 0.717) is 31.9 Å². The Morgan fingerprint density at radius 1 is 1.10 bits per heavy atom. The van der Waals surface area contributed by atoms with Crippen molar-refractivity contribution in [3.63, 3.8) is 0 Å². The van der Waals surface area contributed by atoms with Crippen LogP contribution >= 0.6 is 0 Å². The molecule has 6 heteroatoms. The van der Waals surface area contributed by atoms with Gasteiger partial charge in [-0.1, -0.05) is 0 Å². The summed E-state index contributed by atoms with van der Waals surface area (Å²) in [6, 6.07) is 3.84. The molecule has 1 aromatic rings. The summed E-state index contributed by atoms with van der Waals surface area (Å²) >= 11 is 0. The Bertz CT molecular complexity index is 521. The van der Waals surface area contributed by atoms with Gasteiger partial charge in [-0.3, -0.25) is 0 Å². The summed E-state index contributed by atoms with van der Waals surface area (Å²) in [7, 11) is 0. The second kappa shape index (κ2) is 5.87.